The Bertz CT molecular complexity index is 678. The molecule has 122 valence electrons. The summed E-state index contributed by atoms with van der Waals surface area (Å²) >= 11 is 8.89. The number of nitrogens with zero attached hydrogens (tertiary/aromatic N) is 2. The molecule has 0 aliphatic rings. The molecule has 0 aliphatic heterocycles. The third kappa shape index (κ3) is 5.23. The quantitative estimate of drug-likeness (QED) is 0.427. The third-order valence-electron chi connectivity index (χ3n) is 2.73. The summed E-state index contributed by atoms with van der Waals surface area (Å²) in [5, 5.41) is 11.6. The Kier molecular flexibility index (Phi) is 6.88. The highest BCUT2D eigenvalue weighted by Crippen LogP contribution is 2.27. The maximum absolute atomic E-state index is 12.3. The Labute approximate surface area is 148 Å². The van der Waals surface area contributed by atoms with Crippen molar-refractivity contribution in [1.29, 1.82) is 0 Å². The van der Waals surface area contributed by atoms with Crippen LogP contribution in [-0.2, 0) is 4.79 Å². The molecule has 0 saturated carbocycles. The minimum absolute atomic E-state index is 0.274. The van der Waals surface area contributed by atoms with Gasteiger partial charge in [0.15, 0.2) is 10.4 Å². The first-order valence-corrected chi connectivity index (χ1v) is 9.11. The Morgan fingerprint density at radius 2 is 2.30 bits per heavy atom. The van der Waals surface area contributed by atoms with Crippen molar-refractivity contribution in [2.75, 3.05) is 11.1 Å². The van der Waals surface area contributed by atoms with Crippen molar-refractivity contribution < 1.29 is 9.53 Å². The fraction of sp³-hybridized carbons (Fsp3) is 0.267. The van der Waals surface area contributed by atoms with Gasteiger partial charge in [0.25, 0.3) is 5.91 Å². The number of benzene rings is 1. The molecule has 1 aromatic heterocycles. The van der Waals surface area contributed by atoms with Gasteiger partial charge in [-0.05, 0) is 18.6 Å². The molecule has 1 atom stereocenters. The number of halogens is 1. The molecule has 8 heteroatoms. The van der Waals surface area contributed by atoms with Gasteiger partial charge in [0.1, 0.15) is 5.75 Å². The lowest BCUT2D eigenvalue weighted by atomic mass is 10.2. The van der Waals surface area contributed by atoms with E-state index in [1.165, 1.54) is 23.1 Å². The zero-order chi connectivity index (χ0) is 16.7. The highest BCUT2D eigenvalue weighted by Gasteiger charge is 2.21. The molecule has 1 heterocycles. The van der Waals surface area contributed by atoms with Gasteiger partial charge in [-0.1, -0.05) is 59.8 Å². The predicted octanol–water partition coefficient (Wildman–Crippen LogP) is 4.27. The number of carbonyl (C=O) groups is 1. The maximum atomic E-state index is 12.3. The van der Waals surface area contributed by atoms with Crippen molar-refractivity contribution in [3.63, 3.8) is 0 Å². The average Bonchev–Trinajstić information content (AvgIpc) is 2.99. The highest BCUT2D eigenvalue weighted by atomic mass is 35.5. The molecule has 0 aliphatic carbocycles. The van der Waals surface area contributed by atoms with Gasteiger partial charge in [0.2, 0.25) is 5.13 Å². The van der Waals surface area contributed by atoms with Crippen LogP contribution in [-0.4, -0.2) is 28.0 Å². The van der Waals surface area contributed by atoms with E-state index >= 15 is 0 Å². The number of rotatable bonds is 8. The summed E-state index contributed by atoms with van der Waals surface area (Å²) in [6.45, 7) is 5.52. The van der Waals surface area contributed by atoms with Gasteiger partial charge in [-0.25, -0.2) is 0 Å². The molecule has 2 aromatic rings. The predicted molar refractivity (Wildman–Crippen MR) is 95.6 cm³/mol. The van der Waals surface area contributed by atoms with Crippen LogP contribution in [0, 0.1) is 0 Å². The molecule has 0 saturated heterocycles. The summed E-state index contributed by atoms with van der Waals surface area (Å²) in [4.78, 5) is 12.3. The van der Waals surface area contributed by atoms with Crippen molar-refractivity contribution in [3.05, 3.63) is 41.9 Å². The number of aromatic nitrogens is 2. The number of nitrogens with one attached hydrogen (secondary N) is 1. The van der Waals surface area contributed by atoms with Crippen LogP contribution in [0.3, 0.4) is 0 Å². The molecule has 23 heavy (non-hydrogen) atoms. The summed E-state index contributed by atoms with van der Waals surface area (Å²) in [6.07, 6.45) is 1.64. The van der Waals surface area contributed by atoms with Gasteiger partial charge in [0.05, 0.1) is 5.02 Å². The number of hydrogen-bond acceptors (Lipinski definition) is 6. The lowest BCUT2D eigenvalue weighted by molar-refractivity contribution is -0.122. The molecule has 0 bridgehead atoms. The zero-order valence-electron chi connectivity index (χ0n) is 12.5. The summed E-state index contributed by atoms with van der Waals surface area (Å²) in [6, 6.07) is 7.06. The van der Waals surface area contributed by atoms with E-state index in [0.29, 0.717) is 22.3 Å². The van der Waals surface area contributed by atoms with Crippen molar-refractivity contribution in [1.82, 2.24) is 10.2 Å². The third-order valence-corrected chi connectivity index (χ3v) is 5.01. The lowest BCUT2D eigenvalue weighted by Gasteiger charge is -2.17. The molecule has 1 amide bonds. The van der Waals surface area contributed by atoms with Crippen molar-refractivity contribution >= 4 is 45.7 Å². The number of amides is 1. The Morgan fingerprint density at radius 3 is 3.00 bits per heavy atom. The maximum Gasteiger partial charge on any atom is 0.267 e. The summed E-state index contributed by atoms with van der Waals surface area (Å²) < 4.78 is 6.47. The standard InChI is InChI=1S/C15H16ClN3O2S2/c1-3-9-22-15-19-18-14(23-15)17-13(20)11(4-2)21-12-8-6-5-7-10(12)16/h3,5-8,11H,1,4,9H2,2H3,(H,17,18,20)/t11-/m0/s1. The van der Waals surface area contributed by atoms with Crippen LogP contribution in [0.5, 0.6) is 5.75 Å². The monoisotopic (exact) mass is 369 g/mol. The van der Waals surface area contributed by atoms with E-state index in [1.54, 1.807) is 30.3 Å². The summed E-state index contributed by atoms with van der Waals surface area (Å²) in [5.41, 5.74) is 0. The minimum atomic E-state index is -0.650. The van der Waals surface area contributed by atoms with Gasteiger partial charge >= 0.3 is 0 Å². The van der Waals surface area contributed by atoms with Crippen LogP contribution in [0.1, 0.15) is 13.3 Å². The van der Waals surface area contributed by atoms with E-state index < -0.39 is 6.10 Å². The van der Waals surface area contributed by atoms with E-state index in [2.05, 4.69) is 22.1 Å². The fourth-order valence-corrected chi connectivity index (χ4v) is 3.35. The molecule has 0 radical (unpaired) electrons. The molecule has 5 nitrogen and oxygen atoms in total. The highest BCUT2D eigenvalue weighted by molar-refractivity contribution is 8.01. The Morgan fingerprint density at radius 1 is 1.52 bits per heavy atom. The molecule has 0 spiro atoms. The van der Waals surface area contributed by atoms with Crippen LogP contribution in [0.25, 0.3) is 0 Å². The van der Waals surface area contributed by atoms with Gasteiger partial charge in [0, 0.05) is 5.75 Å². The molecular formula is C15H16ClN3O2S2. The van der Waals surface area contributed by atoms with Crippen LogP contribution in [0.4, 0.5) is 5.13 Å². The van der Waals surface area contributed by atoms with E-state index in [4.69, 9.17) is 16.3 Å². The van der Waals surface area contributed by atoms with Crippen molar-refractivity contribution in [2.45, 2.75) is 23.8 Å². The molecule has 0 unspecified atom stereocenters. The first-order valence-electron chi connectivity index (χ1n) is 6.93. The van der Waals surface area contributed by atoms with Crippen LogP contribution >= 0.6 is 34.7 Å². The van der Waals surface area contributed by atoms with E-state index in [-0.39, 0.29) is 5.91 Å². The topological polar surface area (TPSA) is 64.1 Å². The number of anilines is 1. The molecule has 1 N–H and O–H groups in total. The van der Waals surface area contributed by atoms with E-state index in [1.807, 2.05) is 6.92 Å². The Balaban J connectivity index is 1.98. The Hall–Kier alpha value is -1.57. The van der Waals surface area contributed by atoms with Crippen LogP contribution in [0.15, 0.2) is 41.3 Å². The van der Waals surface area contributed by atoms with Crippen molar-refractivity contribution in [3.8, 4) is 5.75 Å². The summed E-state index contributed by atoms with van der Waals surface area (Å²) in [5.74, 6) is 0.954. The molecule has 2 rings (SSSR count). The fourth-order valence-electron chi connectivity index (χ4n) is 1.65. The molecular weight excluding hydrogens is 354 g/mol. The van der Waals surface area contributed by atoms with Crippen LogP contribution < -0.4 is 10.1 Å². The zero-order valence-corrected chi connectivity index (χ0v) is 14.9. The summed E-state index contributed by atoms with van der Waals surface area (Å²) in [7, 11) is 0. The van der Waals surface area contributed by atoms with Gasteiger partial charge < -0.3 is 4.74 Å². The average molecular weight is 370 g/mol. The molecule has 1 aromatic carbocycles. The number of thioether (sulfide) groups is 1. The first-order chi connectivity index (χ1) is 11.1. The second-order valence-electron chi connectivity index (χ2n) is 4.41. The van der Waals surface area contributed by atoms with Gasteiger partial charge in [-0.15, -0.1) is 16.8 Å². The minimum Gasteiger partial charge on any atom is -0.479 e. The normalized spacial score (nSPS) is 11.7. The number of hydrogen-bond donors (Lipinski definition) is 1. The van der Waals surface area contributed by atoms with Crippen LogP contribution in [0.2, 0.25) is 5.02 Å². The van der Waals surface area contributed by atoms with Gasteiger partial charge in [-0.3, -0.25) is 10.1 Å². The SMILES string of the molecule is C=CCSc1nnc(NC(=O)[C@H](CC)Oc2ccccc2Cl)s1. The van der Waals surface area contributed by atoms with E-state index in [9.17, 15) is 4.79 Å². The largest absolute Gasteiger partial charge is 0.479 e. The first kappa shape index (κ1) is 17.8. The number of carbonyl (C=O) groups excluding carboxylic acids is 1. The lowest BCUT2D eigenvalue weighted by Crippen LogP contribution is -2.32. The smallest absolute Gasteiger partial charge is 0.267 e. The molecule has 0 fully saturated rings. The van der Waals surface area contributed by atoms with Crippen molar-refractivity contribution in [2.24, 2.45) is 0 Å². The number of para-hydroxylation sites is 1. The second-order valence-corrected chi connectivity index (χ2v) is 7.06. The van der Waals surface area contributed by atoms with E-state index in [0.717, 1.165) is 10.1 Å². The van der Waals surface area contributed by atoms with Gasteiger partial charge in [-0.2, -0.15) is 0 Å². The number of ether oxygens (including phenoxy) is 1. The second kappa shape index (κ2) is 8.90.